The van der Waals surface area contributed by atoms with E-state index in [1.807, 2.05) is 60.7 Å². The van der Waals surface area contributed by atoms with Crippen LogP contribution in [0, 0.1) is 11.5 Å². The molecule has 10 nitrogen and oxygen atoms in total. The molecule has 0 spiro atoms. The van der Waals surface area contributed by atoms with E-state index in [9.17, 15) is 15.5 Å². The van der Waals surface area contributed by atoms with Gasteiger partial charge in [0.05, 0.1) is 12.1 Å². The Kier molecular flexibility index (Phi) is 16.5. The van der Waals surface area contributed by atoms with E-state index in [1.165, 1.54) is 0 Å². The van der Waals surface area contributed by atoms with Crippen molar-refractivity contribution in [2.45, 2.75) is 102 Å². The van der Waals surface area contributed by atoms with Crippen molar-refractivity contribution in [3.8, 4) is 17.7 Å². The first-order chi connectivity index (χ1) is 27.8. The normalized spacial score (nSPS) is 18.8. The minimum Gasteiger partial charge on any atom is -0.508 e. The molecule has 4 aromatic carbocycles. The van der Waals surface area contributed by atoms with Gasteiger partial charge in [0.15, 0.2) is 0 Å². The number of aromatic hydroxyl groups is 2. The molecule has 1 fully saturated rings. The molecule has 1 aliphatic rings. The Labute approximate surface area is 347 Å². The molecule has 310 valence electrons. The number of phenolic OH excluding ortho intramolecular Hbond substituents is 2. The van der Waals surface area contributed by atoms with Gasteiger partial charge in [-0.2, -0.15) is 5.26 Å². The Morgan fingerprint density at radius 2 is 0.948 bits per heavy atom. The number of nitriles is 1. The van der Waals surface area contributed by atoms with Crippen molar-refractivity contribution in [3.63, 3.8) is 0 Å². The highest BCUT2D eigenvalue weighted by molar-refractivity contribution is 6.76. The number of benzene rings is 4. The number of ether oxygens (including phenoxy) is 4. The summed E-state index contributed by atoms with van der Waals surface area (Å²) in [6, 6.07) is 36.1. The van der Waals surface area contributed by atoms with Gasteiger partial charge < -0.3 is 39.0 Å². The quantitative estimate of drug-likeness (QED) is 0.0390. The SMILES string of the molecule is C[Si](C)(C)CCOCO[C@@H]1[C@@H](OCOCC[Si](C)(C)C)[C@@H](Cc2ccccc2)N(Cc2ccc(O)cc2)C(=NC#N)N(Cc2ccc(O)cc2)[C@@H]1Cc1ccccc1. The summed E-state index contributed by atoms with van der Waals surface area (Å²) in [5, 5.41) is 31.0. The fraction of sp³-hybridized carbons (Fsp3) is 0.435. The summed E-state index contributed by atoms with van der Waals surface area (Å²) in [7, 11) is -2.73. The zero-order valence-electron chi connectivity index (χ0n) is 35.1. The van der Waals surface area contributed by atoms with Crippen molar-refractivity contribution >= 4 is 22.1 Å². The van der Waals surface area contributed by atoms with Crippen LogP contribution in [0.25, 0.3) is 0 Å². The van der Waals surface area contributed by atoms with Crippen LogP contribution in [-0.4, -0.2) is 93.2 Å². The van der Waals surface area contributed by atoms with Crippen molar-refractivity contribution in [2.24, 2.45) is 4.99 Å². The first kappa shape index (κ1) is 44.6. The molecule has 5 rings (SSSR count). The predicted molar refractivity (Wildman–Crippen MR) is 236 cm³/mol. The van der Waals surface area contributed by atoms with Gasteiger partial charge >= 0.3 is 0 Å². The third kappa shape index (κ3) is 14.1. The molecule has 58 heavy (non-hydrogen) atoms. The lowest BCUT2D eigenvalue weighted by atomic mass is 9.90. The molecular formula is C46H62N4O6Si2. The van der Waals surface area contributed by atoms with Gasteiger partial charge in [-0.25, -0.2) is 0 Å². The first-order valence-corrected chi connectivity index (χ1v) is 27.7. The van der Waals surface area contributed by atoms with Gasteiger partial charge in [-0.3, -0.25) is 0 Å². The van der Waals surface area contributed by atoms with Gasteiger partial charge in [0.2, 0.25) is 12.2 Å². The van der Waals surface area contributed by atoms with Gasteiger partial charge in [0.1, 0.15) is 37.3 Å². The third-order valence-corrected chi connectivity index (χ3v) is 13.8. The van der Waals surface area contributed by atoms with Gasteiger partial charge in [-0.1, -0.05) is 124 Å². The molecule has 0 unspecified atom stereocenters. The second kappa shape index (κ2) is 21.5. The van der Waals surface area contributed by atoms with Gasteiger partial charge in [-0.15, -0.1) is 4.99 Å². The molecule has 12 heteroatoms. The summed E-state index contributed by atoms with van der Waals surface area (Å²) in [5.41, 5.74) is 4.02. The Hall–Kier alpha value is -4.49. The smallest absolute Gasteiger partial charge is 0.213 e. The van der Waals surface area contributed by atoms with Crippen LogP contribution >= 0.6 is 0 Å². The lowest BCUT2D eigenvalue weighted by molar-refractivity contribution is -0.188. The number of guanidine groups is 1. The molecule has 1 aliphatic heterocycles. The Balaban J connectivity index is 1.70. The van der Waals surface area contributed by atoms with Crippen LogP contribution in [-0.2, 0) is 44.9 Å². The summed E-state index contributed by atoms with van der Waals surface area (Å²) >= 11 is 0. The maximum atomic E-state index is 10.5. The first-order valence-electron chi connectivity index (χ1n) is 20.3. The lowest BCUT2D eigenvalue weighted by Crippen LogP contribution is -2.53. The zero-order chi connectivity index (χ0) is 41.5. The van der Waals surface area contributed by atoms with Gasteiger partial charge in [0, 0.05) is 42.5 Å². The average Bonchev–Trinajstić information content (AvgIpc) is 3.26. The molecule has 0 aliphatic carbocycles. The minimum absolute atomic E-state index is 0.0601. The fourth-order valence-electron chi connectivity index (χ4n) is 7.10. The van der Waals surface area contributed by atoms with E-state index >= 15 is 0 Å². The highest BCUT2D eigenvalue weighted by Gasteiger charge is 2.48. The Morgan fingerprint density at radius 1 is 0.569 bits per heavy atom. The monoisotopic (exact) mass is 822 g/mol. The number of hydrogen-bond acceptors (Lipinski definition) is 8. The Morgan fingerprint density at radius 3 is 1.29 bits per heavy atom. The van der Waals surface area contributed by atoms with Crippen molar-refractivity contribution < 1.29 is 29.2 Å². The fourth-order valence-corrected chi connectivity index (χ4v) is 8.62. The number of aliphatic imine (C=N–C) groups is 1. The maximum absolute atomic E-state index is 10.5. The molecule has 0 saturated carbocycles. The number of rotatable bonds is 20. The average molecular weight is 823 g/mol. The predicted octanol–water partition coefficient (Wildman–Crippen LogP) is 8.87. The molecule has 0 bridgehead atoms. The molecular weight excluding hydrogens is 761 g/mol. The summed E-state index contributed by atoms with van der Waals surface area (Å²) < 4.78 is 26.6. The van der Waals surface area contributed by atoms with Crippen molar-refractivity contribution in [2.75, 3.05) is 26.8 Å². The van der Waals surface area contributed by atoms with Crippen LogP contribution in [0.1, 0.15) is 22.3 Å². The largest absolute Gasteiger partial charge is 0.508 e. The molecule has 1 heterocycles. The van der Waals surface area contributed by atoms with Crippen molar-refractivity contribution in [3.05, 3.63) is 131 Å². The Bertz CT molecular complexity index is 1750. The summed E-state index contributed by atoms with van der Waals surface area (Å²) in [5.74, 6) is 0.814. The molecule has 0 radical (unpaired) electrons. The van der Waals surface area contributed by atoms with Crippen LogP contribution in [0.2, 0.25) is 51.4 Å². The molecule has 0 amide bonds. The second-order valence-corrected chi connectivity index (χ2v) is 28.8. The maximum Gasteiger partial charge on any atom is 0.213 e. The van der Waals surface area contributed by atoms with E-state index in [0.717, 1.165) is 34.3 Å². The van der Waals surface area contributed by atoms with E-state index in [0.29, 0.717) is 45.1 Å². The summed E-state index contributed by atoms with van der Waals surface area (Å²) in [6.45, 7) is 16.0. The van der Waals surface area contributed by atoms with E-state index in [1.54, 1.807) is 24.3 Å². The molecule has 1 saturated heterocycles. The van der Waals surface area contributed by atoms with Crippen LogP contribution in [0.15, 0.2) is 114 Å². The molecule has 0 aromatic heterocycles. The number of hydrogen-bond donors (Lipinski definition) is 2. The van der Waals surface area contributed by atoms with E-state index in [-0.39, 0.29) is 25.1 Å². The lowest BCUT2D eigenvalue weighted by Gasteiger charge is -2.39. The topological polar surface area (TPSA) is 120 Å². The number of phenols is 2. The molecule has 4 atom stereocenters. The van der Waals surface area contributed by atoms with E-state index in [4.69, 9.17) is 18.9 Å². The molecule has 4 aromatic rings. The van der Waals surface area contributed by atoms with Crippen molar-refractivity contribution in [1.82, 2.24) is 9.80 Å². The standard InChI is InChI=1S/C46H62N4O6Si2/c1-57(2,3)27-25-53-34-55-44-42(29-36-13-9-7-10-14-36)49(31-38-17-21-40(51)22-18-38)46(48-33-47)50(32-39-19-23-41(52)24-20-39)43(30-37-15-11-8-12-16-37)45(44)56-35-54-26-28-58(4,5)6/h7-24,42-45,51-52H,25-32,34-35H2,1-6H3/t42-,43-,44+,45+/m1/s1. The number of nitrogens with zero attached hydrogens (tertiary/aromatic N) is 4. The third-order valence-electron chi connectivity index (χ3n) is 10.4. The summed E-state index contributed by atoms with van der Waals surface area (Å²) in [4.78, 5) is 9.01. The molecule has 2 N–H and O–H groups in total. The zero-order valence-corrected chi connectivity index (χ0v) is 37.1. The van der Waals surface area contributed by atoms with Crippen LogP contribution in [0.5, 0.6) is 11.5 Å². The van der Waals surface area contributed by atoms with Crippen LogP contribution in [0.4, 0.5) is 0 Å². The van der Waals surface area contributed by atoms with Crippen LogP contribution in [0.3, 0.4) is 0 Å². The van der Waals surface area contributed by atoms with E-state index in [2.05, 4.69) is 84.5 Å². The van der Waals surface area contributed by atoms with E-state index < -0.39 is 40.4 Å². The van der Waals surface area contributed by atoms with Gasteiger partial charge in [-0.05, 0) is 71.4 Å². The minimum atomic E-state index is -1.37. The van der Waals surface area contributed by atoms with Gasteiger partial charge in [0.25, 0.3) is 0 Å². The van der Waals surface area contributed by atoms with Crippen molar-refractivity contribution in [1.29, 1.82) is 5.26 Å². The second-order valence-electron chi connectivity index (χ2n) is 17.6. The highest BCUT2D eigenvalue weighted by Crippen LogP contribution is 2.34. The highest BCUT2D eigenvalue weighted by atomic mass is 28.3. The summed E-state index contributed by atoms with van der Waals surface area (Å²) in [6.07, 6.45) is 2.07. The van der Waals surface area contributed by atoms with Crippen LogP contribution < -0.4 is 0 Å².